The first-order valence-corrected chi connectivity index (χ1v) is 8.40. The molecule has 4 nitrogen and oxygen atoms in total. The molecule has 0 aromatic carbocycles. The van der Waals surface area contributed by atoms with Crippen molar-refractivity contribution in [1.82, 2.24) is 15.1 Å². The van der Waals surface area contributed by atoms with Gasteiger partial charge in [-0.3, -0.25) is 9.80 Å². The van der Waals surface area contributed by atoms with E-state index in [0.717, 1.165) is 43.7 Å². The van der Waals surface area contributed by atoms with Gasteiger partial charge in [0.25, 0.3) is 0 Å². The maximum absolute atomic E-state index is 5.95. The standard InChI is InChI=1S/C17H29N3O/c1-13(2)20-8-6-19(7-9-20)12-17-10-15(14(3)21-17)11-18-16-4-5-16/h10,13,16,18H,4-9,11-12H2,1-3H3. The van der Waals surface area contributed by atoms with E-state index in [1.165, 1.54) is 31.5 Å². The zero-order valence-electron chi connectivity index (χ0n) is 13.7. The molecule has 1 aliphatic carbocycles. The molecule has 2 heterocycles. The Morgan fingerprint density at radius 1 is 1.24 bits per heavy atom. The molecular weight excluding hydrogens is 262 g/mol. The van der Waals surface area contributed by atoms with Gasteiger partial charge in [0.1, 0.15) is 11.5 Å². The van der Waals surface area contributed by atoms with Crippen LogP contribution in [0.4, 0.5) is 0 Å². The van der Waals surface area contributed by atoms with Crippen molar-refractivity contribution in [3.8, 4) is 0 Å². The topological polar surface area (TPSA) is 31.7 Å². The van der Waals surface area contributed by atoms with Crippen LogP contribution < -0.4 is 5.32 Å². The Bertz CT molecular complexity index is 457. The number of hydrogen-bond donors (Lipinski definition) is 1. The summed E-state index contributed by atoms with van der Waals surface area (Å²) in [7, 11) is 0. The lowest BCUT2D eigenvalue weighted by atomic mass is 10.2. The highest BCUT2D eigenvalue weighted by Crippen LogP contribution is 2.22. The van der Waals surface area contributed by atoms with E-state index < -0.39 is 0 Å². The highest BCUT2D eigenvalue weighted by molar-refractivity contribution is 5.21. The molecule has 2 fully saturated rings. The first kappa shape index (κ1) is 15.1. The van der Waals surface area contributed by atoms with E-state index in [9.17, 15) is 0 Å². The lowest BCUT2D eigenvalue weighted by Gasteiger charge is -2.36. The normalized spacial score (nSPS) is 21.3. The van der Waals surface area contributed by atoms with E-state index in [0.29, 0.717) is 6.04 Å². The second-order valence-corrected chi connectivity index (χ2v) is 6.86. The zero-order valence-corrected chi connectivity index (χ0v) is 13.7. The minimum Gasteiger partial charge on any atom is -0.465 e. The zero-order chi connectivity index (χ0) is 14.8. The number of nitrogens with one attached hydrogen (secondary N) is 1. The fourth-order valence-corrected chi connectivity index (χ4v) is 3.04. The predicted octanol–water partition coefficient (Wildman–Crippen LogP) is 2.37. The Morgan fingerprint density at radius 3 is 2.57 bits per heavy atom. The van der Waals surface area contributed by atoms with Gasteiger partial charge in [-0.15, -0.1) is 0 Å². The van der Waals surface area contributed by atoms with E-state index in [-0.39, 0.29) is 0 Å². The van der Waals surface area contributed by atoms with Crippen LogP contribution in [0.1, 0.15) is 43.8 Å². The number of furan rings is 1. The smallest absolute Gasteiger partial charge is 0.118 e. The molecule has 3 rings (SSSR count). The quantitative estimate of drug-likeness (QED) is 0.872. The van der Waals surface area contributed by atoms with Crippen LogP contribution in [0.5, 0.6) is 0 Å². The molecule has 0 amide bonds. The molecule has 1 N–H and O–H groups in total. The molecule has 1 saturated heterocycles. The minimum absolute atomic E-state index is 0.665. The lowest BCUT2D eigenvalue weighted by Crippen LogP contribution is -2.48. The molecule has 0 unspecified atom stereocenters. The fourth-order valence-electron chi connectivity index (χ4n) is 3.04. The molecule has 1 aliphatic heterocycles. The van der Waals surface area contributed by atoms with Gasteiger partial charge in [0, 0.05) is 50.4 Å². The monoisotopic (exact) mass is 291 g/mol. The van der Waals surface area contributed by atoms with Gasteiger partial charge in [-0.1, -0.05) is 0 Å². The second-order valence-electron chi connectivity index (χ2n) is 6.86. The molecular formula is C17H29N3O. The average Bonchev–Trinajstić information content (AvgIpc) is 3.22. The highest BCUT2D eigenvalue weighted by Gasteiger charge is 2.22. The summed E-state index contributed by atoms with van der Waals surface area (Å²) in [4.78, 5) is 5.06. The molecule has 1 aromatic rings. The summed E-state index contributed by atoms with van der Waals surface area (Å²) in [6, 6.07) is 3.67. The highest BCUT2D eigenvalue weighted by atomic mass is 16.3. The van der Waals surface area contributed by atoms with Crippen molar-refractivity contribution < 1.29 is 4.42 Å². The minimum atomic E-state index is 0.665. The van der Waals surface area contributed by atoms with Gasteiger partial charge >= 0.3 is 0 Å². The Labute approximate surface area is 128 Å². The molecule has 1 aromatic heterocycles. The van der Waals surface area contributed by atoms with Gasteiger partial charge in [-0.25, -0.2) is 0 Å². The summed E-state index contributed by atoms with van der Waals surface area (Å²) in [5.41, 5.74) is 1.33. The van der Waals surface area contributed by atoms with Crippen LogP contribution in [-0.2, 0) is 13.1 Å². The van der Waals surface area contributed by atoms with Crippen LogP contribution in [0, 0.1) is 6.92 Å². The SMILES string of the molecule is Cc1oc(CN2CCN(C(C)C)CC2)cc1CNC1CC1. The predicted molar refractivity (Wildman–Crippen MR) is 85.3 cm³/mol. The summed E-state index contributed by atoms with van der Waals surface area (Å²) < 4.78 is 5.95. The van der Waals surface area contributed by atoms with Crippen molar-refractivity contribution in [3.63, 3.8) is 0 Å². The third kappa shape index (κ3) is 4.09. The second kappa shape index (κ2) is 6.51. The van der Waals surface area contributed by atoms with Crippen LogP contribution in [0.3, 0.4) is 0 Å². The Hall–Kier alpha value is -0.840. The van der Waals surface area contributed by atoms with Crippen molar-refractivity contribution >= 4 is 0 Å². The number of nitrogens with zero attached hydrogens (tertiary/aromatic N) is 2. The van der Waals surface area contributed by atoms with Gasteiger partial charge in [-0.2, -0.15) is 0 Å². The summed E-state index contributed by atoms with van der Waals surface area (Å²) >= 11 is 0. The van der Waals surface area contributed by atoms with E-state index in [2.05, 4.69) is 42.0 Å². The van der Waals surface area contributed by atoms with Crippen LogP contribution in [0.25, 0.3) is 0 Å². The Morgan fingerprint density at radius 2 is 1.95 bits per heavy atom. The first-order chi connectivity index (χ1) is 10.1. The third-order valence-corrected chi connectivity index (χ3v) is 4.75. The van der Waals surface area contributed by atoms with Gasteiger partial charge in [0.15, 0.2) is 0 Å². The van der Waals surface area contributed by atoms with Crippen LogP contribution in [0.15, 0.2) is 10.5 Å². The van der Waals surface area contributed by atoms with Gasteiger partial charge in [0.05, 0.1) is 6.54 Å². The van der Waals surface area contributed by atoms with E-state index >= 15 is 0 Å². The van der Waals surface area contributed by atoms with Gasteiger partial charge in [-0.05, 0) is 39.7 Å². The summed E-state index contributed by atoms with van der Waals surface area (Å²) in [5, 5.41) is 3.57. The van der Waals surface area contributed by atoms with E-state index in [1.54, 1.807) is 0 Å². The van der Waals surface area contributed by atoms with E-state index in [1.807, 2.05) is 0 Å². The largest absolute Gasteiger partial charge is 0.465 e. The van der Waals surface area contributed by atoms with Crippen LogP contribution >= 0.6 is 0 Å². The molecule has 0 radical (unpaired) electrons. The van der Waals surface area contributed by atoms with Crippen LogP contribution in [0.2, 0.25) is 0 Å². The van der Waals surface area contributed by atoms with Crippen molar-refractivity contribution in [2.75, 3.05) is 26.2 Å². The maximum atomic E-state index is 5.95. The molecule has 4 heteroatoms. The summed E-state index contributed by atoms with van der Waals surface area (Å²) in [6.07, 6.45) is 2.67. The number of rotatable bonds is 6. The Balaban J connectivity index is 1.49. The third-order valence-electron chi connectivity index (χ3n) is 4.75. The molecule has 21 heavy (non-hydrogen) atoms. The fraction of sp³-hybridized carbons (Fsp3) is 0.765. The van der Waals surface area contributed by atoms with E-state index in [4.69, 9.17) is 4.42 Å². The van der Waals surface area contributed by atoms with Crippen molar-refractivity contribution in [2.45, 2.75) is 58.8 Å². The molecule has 1 saturated carbocycles. The molecule has 0 bridgehead atoms. The number of piperazine rings is 1. The van der Waals surface area contributed by atoms with Crippen molar-refractivity contribution in [2.24, 2.45) is 0 Å². The van der Waals surface area contributed by atoms with Gasteiger partial charge < -0.3 is 9.73 Å². The summed E-state index contributed by atoms with van der Waals surface area (Å²) in [5.74, 6) is 2.21. The molecule has 2 aliphatic rings. The molecule has 0 atom stereocenters. The average molecular weight is 291 g/mol. The number of aryl methyl sites for hydroxylation is 1. The Kier molecular flexibility index (Phi) is 4.67. The first-order valence-electron chi connectivity index (χ1n) is 8.40. The maximum Gasteiger partial charge on any atom is 0.118 e. The molecule has 118 valence electrons. The van der Waals surface area contributed by atoms with Gasteiger partial charge in [0.2, 0.25) is 0 Å². The lowest BCUT2D eigenvalue weighted by molar-refractivity contribution is 0.0988. The van der Waals surface area contributed by atoms with Crippen molar-refractivity contribution in [1.29, 1.82) is 0 Å². The summed E-state index contributed by atoms with van der Waals surface area (Å²) in [6.45, 7) is 13.2. The van der Waals surface area contributed by atoms with Crippen molar-refractivity contribution in [3.05, 3.63) is 23.2 Å². The van der Waals surface area contributed by atoms with Crippen LogP contribution in [-0.4, -0.2) is 48.1 Å². The number of hydrogen-bond acceptors (Lipinski definition) is 4. The molecule has 0 spiro atoms.